The van der Waals surface area contributed by atoms with Crippen molar-refractivity contribution in [2.24, 2.45) is 0 Å². The van der Waals surface area contributed by atoms with Crippen LogP contribution in [0.3, 0.4) is 0 Å². The Kier molecular flexibility index (Phi) is 1.48. The largest absolute Gasteiger partial charge is 0.346 e. The number of aromatic nitrogens is 2. The van der Waals surface area contributed by atoms with Gasteiger partial charge in [0, 0.05) is 11.6 Å². The van der Waals surface area contributed by atoms with E-state index in [1.807, 2.05) is 0 Å². The van der Waals surface area contributed by atoms with Crippen LogP contribution in [0.25, 0.3) is 0 Å². The summed E-state index contributed by atoms with van der Waals surface area (Å²) < 4.78 is 0. The van der Waals surface area contributed by atoms with E-state index < -0.39 is 0 Å². The fourth-order valence-corrected chi connectivity index (χ4v) is 1.42. The zero-order chi connectivity index (χ0) is 7.84. The second kappa shape index (κ2) is 2.36. The Bertz CT molecular complexity index is 259. The van der Waals surface area contributed by atoms with Gasteiger partial charge in [0.2, 0.25) is 0 Å². The Morgan fingerprint density at radius 3 is 2.73 bits per heavy atom. The molecule has 0 amide bonds. The summed E-state index contributed by atoms with van der Waals surface area (Å²) in [4.78, 5) is 7.88. The Labute approximate surface area is 67.0 Å². The van der Waals surface area contributed by atoms with Gasteiger partial charge in [0.25, 0.3) is 0 Å². The van der Waals surface area contributed by atoms with Crippen molar-refractivity contribution < 1.29 is 0 Å². The van der Waals surface area contributed by atoms with Crippen LogP contribution in [-0.2, 0) is 6.42 Å². The number of nitrogens with one attached hydrogen (secondary N) is 1. The molecule has 0 spiro atoms. The number of aryl methyl sites for hydroxylation is 2. The molecule has 1 heterocycles. The van der Waals surface area contributed by atoms with Gasteiger partial charge in [0.15, 0.2) is 0 Å². The summed E-state index contributed by atoms with van der Waals surface area (Å²) in [5.74, 6) is 1.98. The first-order chi connectivity index (χ1) is 5.31. The van der Waals surface area contributed by atoms with Gasteiger partial charge in [-0.3, -0.25) is 0 Å². The lowest BCUT2D eigenvalue weighted by atomic mass is 10.3. The molecule has 2 heteroatoms. The molecule has 2 rings (SSSR count). The maximum Gasteiger partial charge on any atom is 0.109 e. The van der Waals surface area contributed by atoms with Crippen molar-refractivity contribution in [1.29, 1.82) is 0 Å². The van der Waals surface area contributed by atoms with E-state index in [1.54, 1.807) is 0 Å². The van der Waals surface area contributed by atoms with Crippen molar-refractivity contribution in [2.45, 2.75) is 39.0 Å². The molecule has 0 radical (unpaired) electrons. The van der Waals surface area contributed by atoms with E-state index in [-0.39, 0.29) is 0 Å². The van der Waals surface area contributed by atoms with E-state index in [4.69, 9.17) is 0 Å². The third-order valence-electron chi connectivity index (χ3n) is 2.30. The lowest BCUT2D eigenvalue weighted by Gasteiger charge is -1.86. The monoisotopic (exact) mass is 150 g/mol. The van der Waals surface area contributed by atoms with E-state index in [0.29, 0.717) is 0 Å². The van der Waals surface area contributed by atoms with Crippen molar-refractivity contribution in [1.82, 2.24) is 9.97 Å². The molecule has 60 valence electrons. The second-order valence-corrected chi connectivity index (χ2v) is 3.32. The normalized spacial score (nSPS) is 17.3. The number of rotatable bonds is 2. The molecule has 0 aliphatic heterocycles. The Hall–Kier alpha value is -0.790. The molecular weight excluding hydrogens is 136 g/mol. The van der Waals surface area contributed by atoms with Crippen LogP contribution >= 0.6 is 0 Å². The summed E-state index contributed by atoms with van der Waals surface area (Å²) >= 11 is 0. The molecule has 1 aromatic heterocycles. The number of imidazole rings is 1. The average molecular weight is 150 g/mol. The van der Waals surface area contributed by atoms with E-state index in [9.17, 15) is 0 Å². The molecule has 0 bridgehead atoms. The highest BCUT2D eigenvalue weighted by Gasteiger charge is 2.26. The standard InChI is InChI=1S/C9H14N2/c1-3-8-6(2)10-9(11-8)7-4-5-7/h7H,3-5H2,1-2H3,(H,10,11). The quantitative estimate of drug-likeness (QED) is 0.687. The van der Waals surface area contributed by atoms with Crippen LogP contribution in [-0.4, -0.2) is 9.97 Å². The minimum absolute atomic E-state index is 0.758. The highest BCUT2D eigenvalue weighted by atomic mass is 14.9. The Balaban J connectivity index is 2.28. The summed E-state index contributed by atoms with van der Waals surface area (Å²) in [6, 6.07) is 0. The van der Waals surface area contributed by atoms with Gasteiger partial charge < -0.3 is 4.98 Å². The summed E-state index contributed by atoms with van der Waals surface area (Å²) in [7, 11) is 0. The number of hydrogen-bond donors (Lipinski definition) is 1. The third-order valence-corrected chi connectivity index (χ3v) is 2.30. The van der Waals surface area contributed by atoms with Crippen molar-refractivity contribution in [3.05, 3.63) is 17.2 Å². The number of aromatic amines is 1. The first kappa shape index (κ1) is 6.89. The predicted molar refractivity (Wildman–Crippen MR) is 44.7 cm³/mol. The summed E-state index contributed by atoms with van der Waals surface area (Å²) in [5, 5.41) is 0. The van der Waals surface area contributed by atoms with Crippen LogP contribution in [0.4, 0.5) is 0 Å². The van der Waals surface area contributed by atoms with Gasteiger partial charge in [-0.1, -0.05) is 6.92 Å². The van der Waals surface area contributed by atoms with Gasteiger partial charge in [0.05, 0.1) is 5.69 Å². The number of nitrogens with zero attached hydrogens (tertiary/aromatic N) is 1. The van der Waals surface area contributed by atoms with Crippen LogP contribution in [0.5, 0.6) is 0 Å². The van der Waals surface area contributed by atoms with Crippen LogP contribution in [0.1, 0.15) is 42.9 Å². The topological polar surface area (TPSA) is 28.7 Å². The average Bonchev–Trinajstić information content (AvgIpc) is 2.76. The fraction of sp³-hybridized carbons (Fsp3) is 0.667. The van der Waals surface area contributed by atoms with Crippen LogP contribution in [0.2, 0.25) is 0 Å². The molecule has 1 aliphatic carbocycles. The van der Waals surface area contributed by atoms with Crippen LogP contribution in [0.15, 0.2) is 0 Å². The zero-order valence-electron chi connectivity index (χ0n) is 7.15. The maximum atomic E-state index is 4.53. The van der Waals surface area contributed by atoms with Crippen LogP contribution < -0.4 is 0 Å². The van der Waals surface area contributed by atoms with Crippen molar-refractivity contribution in [3.63, 3.8) is 0 Å². The van der Waals surface area contributed by atoms with Gasteiger partial charge >= 0.3 is 0 Å². The lowest BCUT2D eigenvalue weighted by molar-refractivity contribution is 0.951. The van der Waals surface area contributed by atoms with E-state index in [1.165, 1.54) is 30.1 Å². The molecule has 0 saturated heterocycles. The van der Waals surface area contributed by atoms with Crippen molar-refractivity contribution in [3.8, 4) is 0 Å². The first-order valence-electron chi connectivity index (χ1n) is 4.36. The number of hydrogen-bond acceptors (Lipinski definition) is 1. The molecule has 1 N–H and O–H groups in total. The first-order valence-corrected chi connectivity index (χ1v) is 4.36. The van der Waals surface area contributed by atoms with E-state index >= 15 is 0 Å². The summed E-state index contributed by atoms with van der Waals surface area (Å²) in [6.45, 7) is 4.26. The molecule has 1 aliphatic rings. The minimum atomic E-state index is 0.758. The van der Waals surface area contributed by atoms with Gasteiger partial charge in [-0.15, -0.1) is 0 Å². The molecule has 0 unspecified atom stereocenters. The van der Waals surface area contributed by atoms with Crippen LogP contribution in [0, 0.1) is 6.92 Å². The second-order valence-electron chi connectivity index (χ2n) is 3.32. The SMILES string of the molecule is CCc1nc(C2CC2)[nH]c1C. The molecule has 2 nitrogen and oxygen atoms in total. The van der Waals surface area contributed by atoms with Gasteiger partial charge in [-0.25, -0.2) is 4.98 Å². The van der Waals surface area contributed by atoms with E-state index in [0.717, 1.165) is 12.3 Å². The van der Waals surface area contributed by atoms with E-state index in [2.05, 4.69) is 23.8 Å². The minimum Gasteiger partial charge on any atom is -0.346 e. The highest BCUT2D eigenvalue weighted by molar-refractivity contribution is 5.17. The molecule has 0 atom stereocenters. The smallest absolute Gasteiger partial charge is 0.109 e. The van der Waals surface area contributed by atoms with Crippen molar-refractivity contribution in [2.75, 3.05) is 0 Å². The van der Waals surface area contributed by atoms with Gasteiger partial charge in [-0.2, -0.15) is 0 Å². The van der Waals surface area contributed by atoms with Crippen molar-refractivity contribution >= 4 is 0 Å². The molecular formula is C9H14N2. The predicted octanol–water partition coefficient (Wildman–Crippen LogP) is 2.16. The van der Waals surface area contributed by atoms with Gasteiger partial charge in [-0.05, 0) is 26.2 Å². The molecule has 0 aromatic carbocycles. The zero-order valence-corrected chi connectivity index (χ0v) is 7.15. The Morgan fingerprint density at radius 2 is 2.27 bits per heavy atom. The molecule has 1 fully saturated rings. The number of H-pyrrole nitrogens is 1. The maximum absolute atomic E-state index is 4.53. The fourth-order valence-electron chi connectivity index (χ4n) is 1.42. The molecule has 1 saturated carbocycles. The molecule has 11 heavy (non-hydrogen) atoms. The highest BCUT2D eigenvalue weighted by Crippen LogP contribution is 2.38. The third kappa shape index (κ3) is 1.17. The summed E-state index contributed by atoms with van der Waals surface area (Å²) in [6.07, 6.45) is 3.71. The van der Waals surface area contributed by atoms with Gasteiger partial charge in [0.1, 0.15) is 5.82 Å². The Morgan fingerprint density at radius 1 is 1.55 bits per heavy atom. The summed E-state index contributed by atoms with van der Waals surface area (Å²) in [5.41, 5.74) is 2.50. The lowest BCUT2D eigenvalue weighted by Crippen LogP contribution is -1.83. The molecule has 1 aromatic rings.